The van der Waals surface area contributed by atoms with Gasteiger partial charge in [-0.25, -0.2) is 8.42 Å². The van der Waals surface area contributed by atoms with E-state index in [0.717, 1.165) is 21.2 Å². The van der Waals surface area contributed by atoms with Gasteiger partial charge in [-0.2, -0.15) is 4.73 Å². The summed E-state index contributed by atoms with van der Waals surface area (Å²) in [6, 6.07) is 28.4. The van der Waals surface area contributed by atoms with Crippen LogP contribution in [0.15, 0.2) is 119 Å². The normalized spacial score (nSPS) is 20.4. The Labute approximate surface area is 260 Å². The quantitative estimate of drug-likeness (QED) is 0.120. The molecule has 0 radical (unpaired) electrons. The number of fused-ring (bicyclic) bond motifs is 1. The zero-order chi connectivity index (χ0) is 30.7. The fourth-order valence-corrected chi connectivity index (χ4v) is 7.56. The summed E-state index contributed by atoms with van der Waals surface area (Å²) in [6.07, 6.45) is 1.56. The molecule has 226 valence electrons. The first kappa shape index (κ1) is 30.0. The van der Waals surface area contributed by atoms with Crippen LogP contribution in [-0.4, -0.2) is 30.4 Å². The Kier molecular flexibility index (Phi) is 8.83. The molecule has 0 saturated carbocycles. The molecule has 4 atom stereocenters. The molecule has 1 saturated heterocycles. The largest absolute Gasteiger partial charge is 0.618 e. The van der Waals surface area contributed by atoms with Crippen LogP contribution in [-0.2, 0) is 26.1 Å². The Morgan fingerprint density at radius 3 is 2.55 bits per heavy atom. The van der Waals surface area contributed by atoms with Crippen molar-refractivity contribution in [1.29, 1.82) is 0 Å². The first-order valence-corrected chi connectivity index (χ1v) is 16.6. The molecule has 1 fully saturated rings. The highest BCUT2D eigenvalue weighted by Gasteiger charge is 2.39. The number of benzene rings is 3. The summed E-state index contributed by atoms with van der Waals surface area (Å²) in [6.45, 7) is 1.99. The second-order valence-corrected chi connectivity index (χ2v) is 13.3. The molecule has 2 aromatic heterocycles. The van der Waals surface area contributed by atoms with Crippen LogP contribution in [0.3, 0.4) is 0 Å². The van der Waals surface area contributed by atoms with Gasteiger partial charge in [-0.05, 0) is 41.5 Å². The highest BCUT2D eigenvalue weighted by molar-refractivity contribution is 7.99. The first-order valence-electron chi connectivity index (χ1n) is 14.1. The van der Waals surface area contributed by atoms with E-state index in [9.17, 15) is 18.7 Å². The predicted molar refractivity (Wildman–Crippen MR) is 168 cm³/mol. The number of hydrogen-bond acceptors (Lipinski definition) is 8. The molecule has 11 heteroatoms. The van der Waals surface area contributed by atoms with Crippen molar-refractivity contribution < 1.29 is 27.7 Å². The van der Waals surface area contributed by atoms with Crippen LogP contribution in [0, 0.1) is 11.1 Å². The molecule has 2 N–H and O–H groups in total. The summed E-state index contributed by atoms with van der Waals surface area (Å²) < 4.78 is 43.5. The van der Waals surface area contributed by atoms with E-state index in [1.807, 2.05) is 55.5 Å². The average molecular weight is 630 g/mol. The minimum atomic E-state index is -3.96. The van der Waals surface area contributed by atoms with Gasteiger partial charge in [0.25, 0.3) is 15.0 Å². The van der Waals surface area contributed by atoms with E-state index in [2.05, 4.69) is 9.71 Å². The SMILES string of the molecule is CC1C(CSc2cccc[n+]2[O-])OC(c2cccc(NS(=O)(=O)c3cccc4cccnc34)c2)OC1c1ccc(CO)cc1. The molecule has 1 aliphatic rings. The summed E-state index contributed by atoms with van der Waals surface area (Å²) >= 11 is 1.41. The van der Waals surface area contributed by atoms with Gasteiger partial charge >= 0.3 is 0 Å². The number of para-hydroxylation sites is 1. The van der Waals surface area contributed by atoms with E-state index < -0.39 is 16.3 Å². The maximum atomic E-state index is 13.5. The third kappa shape index (κ3) is 6.42. The van der Waals surface area contributed by atoms with Gasteiger partial charge in [0.05, 0.1) is 24.3 Å². The number of pyridine rings is 2. The molecule has 0 spiro atoms. The molecule has 0 amide bonds. The highest BCUT2D eigenvalue weighted by Crippen LogP contribution is 2.43. The second-order valence-electron chi connectivity index (χ2n) is 10.6. The summed E-state index contributed by atoms with van der Waals surface area (Å²) in [5, 5.41) is 23.1. The van der Waals surface area contributed by atoms with Crippen molar-refractivity contribution >= 4 is 38.4 Å². The number of anilines is 1. The zero-order valence-electron chi connectivity index (χ0n) is 23.8. The molecule has 6 rings (SSSR count). The van der Waals surface area contributed by atoms with E-state index in [-0.39, 0.29) is 29.6 Å². The van der Waals surface area contributed by atoms with Gasteiger partial charge in [0.15, 0.2) is 12.5 Å². The van der Waals surface area contributed by atoms with E-state index in [1.54, 1.807) is 48.7 Å². The number of rotatable bonds is 9. The molecule has 3 heterocycles. The lowest BCUT2D eigenvalue weighted by Crippen LogP contribution is -2.39. The fraction of sp³-hybridized carbons (Fsp3) is 0.212. The van der Waals surface area contributed by atoms with E-state index in [0.29, 0.717) is 27.5 Å². The molecule has 5 aromatic rings. The van der Waals surface area contributed by atoms with Crippen molar-refractivity contribution in [3.05, 3.63) is 131 Å². The molecular weight excluding hydrogens is 599 g/mol. The highest BCUT2D eigenvalue weighted by atomic mass is 32.2. The topological polar surface area (TPSA) is 125 Å². The minimum absolute atomic E-state index is 0.0594. The van der Waals surface area contributed by atoms with Gasteiger partial charge in [-0.15, -0.1) is 0 Å². The monoisotopic (exact) mass is 629 g/mol. The van der Waals surface area contributed by atoms with Crippen LogP contribution in [0.4, 0.5) is 5.69 Å². The smallest absolute Gasteiger partial charge is 0.264 e. The van der Waals surface area contributed by atoms with Crippen molar-refractivity contribution in [2.45, 2.75) is 42.0 Å². The van der Waals surface area contributed by atoms with Crippen molar-refractivity contribution in [2.75, 3.05) is 10.5 Å². The average Bonchev–Trinajstić information content (AvgIpc) is 3.04. The van der Waals surface area contributed by atoms with Gasteiger partial charge in [0, 0.05) is 46.6 Å². The van der Waals surface area contributed by atoms with Gasteiger partial charge in [0.2, 0.25) is 0 Å². The van der Waals surface area contributed by atoms with Crippen LogP contribution in [0.25, 0.3) is 10.9 Å². The van der Waals surface area contributed by atoms with E-state index in [1.165, 1.54) is 24.0 Å². The molecule has 4 unspecified atom stereocenters. The second kappa shape index (κ2) is 12.9. The lowest BCUT2D eigenvalue weighted by Gasteiger charge is -2.41. The van der Waals surface area contributed by atoms with Crippen molar-refractivity contribution in [3.8, 4) is 0 Å². The first-order chi connectivity index (χ1) is 21.3. The van der Waals surface area contributed by atoms with Crippen LogP contribution in [0.2, 0.25) is 0 Å². The van der Waals surface area contributed by atoms with Gasteiger partial charge < -0.3 is 19.8 Å². The molecule has 1 aliphatic heterocycles. The van der Waals surface area contributed by atoms with E-state index in [4.69, 9.17) is 9.47 Å². The summed E-state index contributed by atoms with van der Waals surface area (Å²) in [5.41, 5.74) is 3.10. The lowest BCUT2D eigenvalue weighted by molar-refractivity contribution is -0.645. The lowest BCUT2D eigenvalue weighted by atomic mass is 9.91. The number of aromatic nitrogens is 2. The maximum Gasteiger partial charge on any atom is 0.264 e. The Morgan fingerprint density at radius 1 is 0.955 bits per heavy atom. The number of ether oxygens (including phenoxy) is 2. The van der Waals surface area contributed by atoms with Crippen molar-refractivity contribution in [1.82, 2.24) is 4.98 Å². The third-order valence-electron chi connectivity index (χ3n) is 7.60. The van der Waals surface area contributed by atoms with Gasteiger partial charge in [-0.1, -0.05) is 73.3 Å². The van der Waals surface area contributed by atoms with Crippen LogP contribution < -0.4 is 9.45 Å². The fourth-order valence-electron chi connectivity index (χ4n) is 5.25. The molecule has 0 bridgehead atoms. The van der Waals surface area contributed by atoms with Gasteiger partial charge in [0.1, 0.15) is 4.90 Å². The minimum Gasteiger partial charge on any atom is -0.618 e. The molecule has 44 heavy (non-hydrogen) atoms. The van der Waals surface area contributed by atoms with Crippen LogP contribution in [0.1, 0.15) is 36.0 Å². The third-order valence-corrected chi connectivity index (χ3v) is 10.1. The molecule has 9 nitrogen and oxygen atoms in total. The van der Waals surface area contributed by atoms with Crippen molar-refractivity contribution in [2.24, 2.45) is 5.92 Å². The summed E-state index contributed by atoms with van der Waals surface area (Å²) in [5.74, 6) is 0.418. The Balaban J connectivity index is 1.28. The number of nitrogens with zero attached hydrogens (tertiary/aromatic N) is 2. The number of nitrogens with one attached hydrogen (secondary N) is 1. The van der Waals surface area contributed by atoms with Crippen molar-refractivity contribution in [3.63, 3.8) is 0 Å². The maximum absolute atomic E-state index is 13.5. The number of aliphatic hydroxyl groups excluding tert-OH is 1. The Morgan fingerprint density at radius 2 is 1.75 bits per heavy atom. The Bertz CT molecular complexity index is 1860. The number of hydrogen-bond donors (Lipinski definition) is 2. The predicted octanol–water partition coefficient (Wildman–Crippen LogP) is 5.75. The number of aliphatic hydroxyl groups is 1. The van der Waals surface area contributed by atoms with Crippen LogP contribution >= 0.6 is 11.8 Å². The van der Waals surface area contributed by atoms with Crippen LogP contribution in [0.5, 0.6) is 0 Å². The molecule has 0 aliphatic carbocycles. The van der Waals surface area contributed by atoms with E-state index >= 15 is 0 Å². The zero-order valence-corrected chi connectivity index (χ0v) is 25.4. The standard InChI is InChI=1S/C33H31N3O6S2/c1-22-28(21-43-30-12-2-3-18-36(30)38)41-33(42-32(22)25-15-13-23(20-37)14-16-25)26-8-4-10-27(19-26)35-44(39,40)29-11-5-7-24-9-6-17-34-31(24)29/h2-19,22,28,32-33,35,37H,20-21H2,1H3. The number of sulfonamides is 1. The summed E-state index contributed by atoms with van der Waals surface area (Å²) in [7, 11) is -3.96. The molecule has 3 aromatic carbocycles. The van der Waals surface area contributed by atoms with Gasteiger partial charge in [-0.3, -0.25) is 9.71 Å². The summed E-state index contributed by atoms with van der Waals surface area (Å²) in [4.78, 5) is 4.38. The number of thioether (sulfide) groups is 1. The molecular formula is C33H31N3O6S2. The Hall–Kier alpha value is -4.00.